The van der Waals surface area contributed by atoms with Gasteiger partial charge in [0, 0.05) is 20.2 Å². The molecule has 1 N–H and O–H groups in total. The van der Waals surface area contributed by atoms with Crippen molar-refractivity contribution in [3.05, 3.63) is 22.7 Å². The van der Waals surface area contributed by atoms with Gasteiger partial charge in [0.25, 0.3) is 0 Å². The van der Waals surface area contributed by atoms with Crippen molar-refractivity contribution in [1.82, 2.24) is 5.32 Å². The van der Waals surface area contributed by atoms with Gasteiger partial charge in [-0.05, 0) is 30.5 Å². The highest BCUT2D eigenvalue weighted by Gasteiger charge is 2.15. The minimum absolute atomic E-state index is 0.155. The van der Waals surface area contributed by atoms with Crippen LogP contribution in [0.25, 0.3) is 0 Å². The van der Waals surface area contributed by atoms with E-state index in [1.54, 1.807) is 14.2 Å². The number of nitrogens with one attached hydrogen (secondary N) is 1. The monoisotopic (exact) mass is 315 g/mol. The minimum Gasteiger partial charge on any atom is -0.493 e. The predicted molar refractivity (Wildman–Crippen MR) is 86.6 cm³/mol. The van der Waals surface area contributed by atoms with Crippen LogP contribution in [0.15, 0.2) is 12.1 Å². The third-order valence-corrected chi connectivity index (χ3v) is 3.58. The topological polar surface area (TPSA) is 39.7 Å². The summed E-state index contributed by atoms with van der Waals surface area (Å²) in [4.78, 5) is 0. The maximum Gasteiger partial charge on any atom is 0.180 e. The molecule has 0 aromatic heterocycles. The number of benzene rings is 1. The predicted octanol–water partition coefficient (Wildman–Crippen LogP) is 3.65. The molecule has 0 aliphatic carbocycles. The lowest BCUT2D eigenvalue weighted by Gasteiger charge is -2.20. The lowest BCUT2D eigenvalue weighted by molar-refractivity contribution is 0.185. The summed E-state index contributed by atoms with van der Waals surface area (Å²) >= 11 is 6.35. The normalized spacial score (nSPS) is 11.0. The molecule has 21 heavy (non-hydrogen) atoms. The Bertz CT molecular complexity index is 422. The van der Waals surface area contributed by atoms with Crippen molar-refractivity contribution >= 4 is 11.6 Å². The van der Waals surface area contributed by atoms with Gasteiger partial charge in [0.2, 0.25) is 0 Å². The van der Waals surface area contributed by atoms with Crippen LogP contribution in [-0.2, 0) is 11.3 Å². The van der Waals surface area contributed by atoms with Crippen LogP contribution in [0.1, 0.15) is 32.3 Å². The van der Waals surface area contributed by atoms with E-state index < -0.39 is 0 Å². The van der Waals surface area contributed by atoms with Gasteiger partial charge < -0.3 is 19.5 Å². The molecule has 0 bridgehead atoms. The van der Waals surface area contributed by atoms with Gasteiger partial charge in [-0.2, -0.15) is 0 Å². The number of rotatable bonds is 10. The van der Waals surface area contributed by atoms with Crippen LogP contribution in [0.5, 0.6) is 11.5 Å². The van der Waals surface area contributed by atoms with Crippen LogP contribution in [0.4, 0.5) is 0 Å². The van der Waals surface area contributed by atoms with Gasteiger partial charge >= 0.3 is 0 Å². The number of methoxy groups -OCH3 is 2. The molecule has 0 fully saturated rings. The van der Waals surface area contributed by atoms with E-state index in [2.05, 4.69) is 19.2 Å². The first kappa shape index (κ1) is 18.1. The highest BCUT2D eigenvalue weighted by molar-refractivity contribution is 6.32. The van der Waals surface area contributed by atoms with Crippen molar-refractivity contribution in [2.45, 2.75) is 39.3 Å². The van der Waals surface area contributed by atoms with E-state index in [0.29, 0.717) is 29.7 Å². The first-order valence-corrected chi connectivity index (χ1v) is 7.76. The fourth-order valence-electron chi connectivity index (χ4n) is 2.02. The molecule has 0 aliphatic rings. The second-order valence-electron chi connectivity index (χ2n) is 4.83. The molecule has 0 radical (unpaired) electrons. The minimum atomic E-state index is 0.155. The fraction of sp³-hybridized carbons (Fsp3) is 0.625. The van der Waals surface area contributed by atoms with E-state index in [9.17, 15) is 0 Å². The summed E-state index contributed by atoms with van der Waals surface area (Å²) < 4.78 is 16.4. The molecule has 0 unspecified atom stereocenters. The van der Waals surface area contributed by atoms with Crippen molar-refractivity contribution in [3.63, 3.8) is 0 Å². The number of hydrogen-bond acceptors (Lipinski definition) is 4. The highest BCUT2D eigenvalue weighted by atomic mass is 35.5. The standard InChI is InChI=1S/C16H26ClNO3/c1-5-13(6-2)21-16-14(17)9-12(10-15(16)20-4)11-18-7-8-19-3/h9-10,13,18H,5-8,11H2,1-4H3. The van der Waals surface area contributed by atoms with Crippen LogP contribution in [0.3, 0.4) is 0 Å². The summed E-state index contributed by atoms with van der Waals surface area (Å²) in [6, 6.07) is 3.88. The Morgan fingerprint density at radius 1 is 1.19 bits per heavy atom. The van der Waals surface area contributed by atoms with Crippen LogP contribution >= 0.6 is 11.6 Å². The van der Waals surface area contributed by atoms with Crippen molar-refractivity contribution in [1.29, 1.82) is 0 Å². The third-order valence-electron chi connectivity index (χ3n) is 3.30. The molecule has 0 spiro atoms. The second kappa shape index (κ2) is 9.87. The van der Waals surface area contributed by atoms with Gasteiger partial charge in [-0.15, -0.1) is 0 Å². The van der Waals surface area contributed by atoms with E-state index in [1.165, 1.54) is 0 Å². The number of ether oxygens (including phenoxy) is 3. The SMILES string of the molecule is CCC(CC)Oc1c(Cl)cc(CNCCOC)cc1OC. The number of halogens is 1. The first-order chi connectivity index (χ1) is 10.2. The molecule has 4 nitrogen and oxygen atoms in total. The molecule has 5 heteroatoms. The third kappa shape index (κ3) is 5.73. The largest absolute Gasteiger partial charge is 0.493 e. The molecule has 120 valence electrons. The fourth-order valence-corrected chi connectivity index (χ4v) is 2.30. The quantitative estimate of drug-likeness (QED) is 0.669. The van der Waals surface area contributed by atoms with E-state index in [1.807, 2.05) is 12.1 Å². The summed E-state index contributed by atoms with van der Waals surface area (Å²) in [6.07, 6.45) is 2.04. The Kier molecular flexibility index (Phi) is 8.50. The van der Waals surface area contributed by atoms with E-state index in [0.717, 1.165) is 24.9 Å². The van der Waals surface area contributed by atoms with Crippen molar-refractivity contribution in [2.24, 2.45) is 0 Å². The van der Waals surface area contributed by atoms with Crippen molar-refractivity contribution < 1.29 is 14.2 Å². The Hall–Kier alpha value is -0.970. The van der Waals surface area contributed by atoms with Gasteiger partial charge in [-0.25, -0.2) is 0 Å². The summed E-state index contributed by atoms with van der Waals surface area (Å²) in [5.41, 5.74) is 1.06. The van der Waals surface area contributed by atoms with Gasteiger partial charge in [0.1, 0.15) is 0 Å². The molecule has 0 aliphatic heterocycles. The smallest absolute Gasteiger partial charge is 0.180 e. The zero-order chi connectivity index (χ0) is 15.7. The van der Waals surface area contributed by atoms with Gasteiger partial charge in [0.05, 0.1) is 24.8 Å². The Labute approximate surface area is 132 Å². The second-order valence-corrected chi connectivity index (χ2v) is 5.24. The van der Waals surface area contributed by atoms with Gasteiger partial charge in [0.15, 0.2) is 11.5 Å². The van der Waals surface area contributed by atoms with Crippen LogP contribution in [0, 0.1) is 0 Å². The maximum atomic E-state index is 6.35. The molecule has 1 rings (SSSR count). The lowest BCUT2D eigenvalue weighted by Crippen LogP contribution is -2.19. The van der Waals surface area contributed by atoms with Crippen LogP contribution in [-0.4, -0.2) is 33.5 Å². The van der Waals surface area contributed by atoms with Gasteiger partial charge in [-0.1, -0.05) is 25.4 Å². The van der Waals surface area contributed by atoms with E-state index in [-0.39, 0.29) is 6.10 Å². The zero-order valence-electron chi connectivity index (χ0n) is 13.4. The van der Waals surface area contributed by atoms with E-state index in [4.69, 9.17) is 25.8 Å². The lowest BCUT2D eigenvalue weighted by atomic mass is 10.1. The van der Waals surface area contributed by atoms with Gasteiger partial charge in [-0.3, -0.25) is 0 Å². The highest BCUT2D eigenvalue weighted by Crippen LogP contribution is 2.37. The average molecular weight is 316 g/mol. The molecule has 0 saturated heterocycles. The van der Waals surface area contributed by atoms with Crippen molar-refractivity contribution in [3.8, 4) is 11.5 Å². The molecular formula is C16H26ClNO3. The molecule has 0 amide bonds. The van der Waals surface area contributed by atoms with Crippen molar-refractivity contribution in [2.75, 3.05) is 27.4 Å². The Balaban J connectivity index is 2.81. The molecule has 0 atom stereocenters. The maximum absolute atomic E-state index is 6.35. The van der Waals surface area contributed by atoms with E-state index >= 15 is 0 Å². The average Bonchev–Trinajstić information content (AvgIpc) is 2.50. The first-order valence-electron chi connectivity index (χ1n) is 7.38. The summed E-state index contributed by atoms with van der Waals surface area (Å²) in [7, 11) is 3.32. The molecular weight excluding hydrogens is 290 g/mol. The Morgan fingerprint density at radius 2 is 1.90 bits per heavy atom. The summed E-state index contributed by atoms with van der Waals surface area (Å²) in [5, 5.41) is 3.87. The number of hydrogen-bond donors (Lipinski definition) is 1. The molecule has 0 heterocycles. The zero-order valence-corrected chi connectivity index (χ0v) is 14.1. The van der Waals surface area contributed by atoms with Crippen LogP contribution in [0.2, 0.25) is 5.02 Å². The summed E-state index contributed by atoms with van der Waals surface area (Å²) in [5.74, 6) is 1.31. The summed E-state index contributed by atoms with van der Waals surface area (Å²) in [6.45, 7) is 6.39. The van der Waals surface area contributed by atoms with Crippen LogP contribution < -0.4 is 14.8 Å². The molecule has 0 saturated carbocycles. The Morgan fingerprint density at radius 3 is 2.48 bits per heavy atom. The molecule has 1 aromatic carbocycles. The molecule has 1 aromatic rings.